The van der Waals surface area contributed by atoms with Gasteiger partial charge in [-0.25, -0.2) is 0 Å². The van der Waals surface area contributed by atoms with Crippen LogP contribution in [0.1, 0.15) is 18.4 Å². The van der Waals surface area contributed by atoms with Crippen LogP contribution in [0.25, 0.3) is 0 Å². The van der Waals surface area contributed by atoms with Gasteiger partial charge in [0.25, 0.3) is 0 Å². The van der Waals surface area contributed by atoms with Crippen LogP contribution in [-0.2, 0) is 0 Å². The van der Waals surface area contributed by atoms with E-state index in [2.05, 4.69) is 42.7 Å². The first kappa shape index (κ1) is 10.6. The summed E-state index contributed by atoms with van der Waals surface area (Å²) in [6, 6.07) is 8.59. The van der Waals surface area contributed by atoms with E-state index in [1.54, 1.807) is 0 Å². The minimum absolute atomic E-state index is 0.549. The number of benzene rings is 1. The summed E-state index contributed by atoms with van der Waals surface area (Å²) in [6.07, 6.45) is 0. The number of rotatable bonds is 3. The number of hydrogen-bond donors (Lipinski definition) is 0. The lowest BCUT2D eigenvalue weighted by Gasteiger charge is -2.20. The van der Waals surface area contributed by atoms with Crippen molar-refractivity contribution < 1.29 is 0 Å². The van der Waals surface area contributed by atoms with E-state index in [1.807, 2.05) is 0 Å². The van der Waals surface area contributed by atoms with Crippen molar-refractivity contribution in [3.05, 3.63) is 42.0 Å². The van der Waals surface area contributed by atoms with Crippen molar-refractivity contribution in [2.24, 2.45) is 0 Å². The Kier molecular flexibility index (Phi) is 3.01. The van der Waals surface area contributed by atoms with Gasteiger partial charge in [0.15, 0.2) is 0 Å². The molecule has 1 aromatic rings. The Hall–Kier alpha value is -0.950. The topological polar surface area (TPSA) is 3.24 Å². The Bertz CT molecular complexity index is 373. The molecule has 0 saturated carbocycles. The molecule has 0 bridgehead atoms. The molecule has 0 radical (unpaired) electrons. The smallest absolute Gasteiger partial charge is 0.0448 e. The Morgan fingerprint density at radius 2 is 2.27 bits per heavy atom. The average molecular weight is 222 g/mol. The first-order valence-electron chi connectivity index (χ1n) is 5.29. The molecule has 1 heterocycles. The molecule has 1 aromatic carbocycles. The number of para-hydroxylation sites is 1. The standard InChI is InChI=1S/C13H16ClN/c1-10(7-14)8-15-9-11(2)12-5-3-4-6-13(12)15/h3-6,11H,1,7-9H2,2H3. The summed E-state index contributed by atoms with van der Waals surface area (Å²) < 4.78 is 0. The summed E-state index contributed by atoms with van der Waals surface area (Å²) >= 11 is 5.77. The second-order valence-corrected chi connectivity index (χ2v) is 4.49. The van der Waals surface area contributed by atoms with Crippen LogP contribution in [0.3, 0.4) is 0 Å². The molecule has 80 valence electrons. The van der Waals surface area contributed by atoms with Gasteiger partial charge in [0, 0.05) is 30.6 Å². The number of halogens is 1. The normalized spacial score (nSPS) is 19.1. The molecule has 15 heavy (non-hydrogen) atoms. The summed E-state index contributed by atoms with van der Waals surface area (Å²) in [5.41, 5.74) is 3.87. The molecule has 1 atom stereocenters. The summed E-state index contributed by atoms with van der Waals surface area (Å²) in [4.78, 5) is 2.37. The van der Waals surface area contributed by atoms with E-state index in [4.69, 9.17) is 11.6 Å². The molecule has 1 aliphatic rings. The maximum absolute atomic E-state index is 5.77. The number of nitrogens with zero attached hydrogens (tertiary/aromatic N) is 1. The van der Waals surface area contributed by atoms with Crippen molar-refractivity contribution in [3.8, 4) is 0 Å². The number of alkyl halides is 1. The number of fused-ring (bicyclic) bond motifs is 1. The maximum atomic E-state index is 5.77. The molecule has 0 amide bonds. The summed E-state index contributed by atoms with van der Waals surface area (Å²) in [6.45, 7) is 8.19. The highest BCUT2D eigenvalue weighted by Gasteiger charge is 2.24. The van der Waals surface area contributed by atoms with Crippen molar-refractivity contribution in [1.29, 1.82) is 0 Å². The molecule has 0 spiro atoms. The molecule has 1 aliphatic heterocycles. The van der Waals surface area contributed by atoms with Gasteiger partial charge in [0.05, 0.1) is 0 Å². The third kappa shape index (κ3) is 2.03. The Morgan fingerprint density at radius 3 is 3.00 bits per heavy atom. The first-order valence-corrected chi connectivity index (χ1v) is 5.82. The van der Waals surface area contributed by atoms with Crippen molar-refractivity contribution in [2.75, 3.05) is 23.9 Å². The fourth-order valence-corrected chi connectivity index (χ4v) is 2.27. The highest BCUT2D eigenvalue weighted by Crippen LogP contribution is 2.35. The number of hydrogen-bond acceptors (Lipinski definition) is 1. The Balaban J connectivity index is 2.21. The van der Waals surface area contributed by atoms with Crippen molar-refractivity contribution in [1.82, 2.24) is 0 Å². The van der Waals surface area contributed by atoms with Crippen LogP contribution in [-0.4, -0.2) is 19.0 Å². The Labute approximate surface area is 96.4 Å². The fraction of sp³-hybridized carbons (Fsp3) is 0.385. The molecular formula is C13H16ClN. The largest absolute Gasteiger partial charge is 0.367 e. The summed E-state index contributed by atoms with van der Waals surface area (Å²) in [5.74, 6) is 1.16. The molecule has 1 nitrogen and oxygen atoms in total. The van der Waals surface area contributed by atoms with Gasteiger partial charge < -0.3 is 4.90 Å². The Morgan fingerprint density at radius 1 is 1.53 bits per heavy atom. The quantitative estimate of drug-likeness (QED) is 0.559. The van der Waals surface area contributed by atoms with E-state index in [-0.39, 0.29) is 0 Å². The van der Waals surface area contributed by atoms with Gasteiger partial charge in [-0.05, 0) is 17.2 Å². The van der Waals surface area contributed by atoms with Gasteiger partial charge in [-0.15, -0.1) is 11.6 Å². The predicted molar refractivity (Wildman–Crippen MR) is 66.9 cm³/mol. The molecule has 0 fully saturated rings. The number of anilines is 1. The van der Waals surface area contributed by atoms with Crippen molar-refractivity contribution >= 4 is 17.3 Å². The zero-order valence-electron chi connectivity index (χ0n) is 9.04. The second kappa shape index (κ2) is 4.28. The van der Waals surface area contributed by atoms with E-state index in [1.165, 1.54) is 11.3 Å². The van der Waals surface area contributed by atoms with E-state index < -0.39 is 0 Å². The summed E-state index contributed by atoms with van der Waals surface area (Å²) in [7, 11) is 0. The van der Waals surface area contributed by atoms with Gasteiger partial charge in [-0.3, -0.25) is 0 Å². The van der Waals surface area contributed by atoms with Gasteiger partial charge >= 0.3 is 0 Å². The SMILES string of the molecule is C=C(CCl)CN1CC(C)c2ccccc21. The average Bonchev–Trinajstić information content (AvgIpc) is 2.57. The van der Waals surface area contributed by atoms with Gasteiger partial charge in [-0.2, -0.15) is 0 Å². The van der Waals surface area contributed by atoms with E-state index in [9.17, 15) is 0 Å². The van der Waals surface area contributed by atoms with Crippen LogP contribution < -0.4 is 4.90 Å². The lowest BCUT2D eigenvalue weighted by atomic mass is 10.0. The molecule has 2 heteroatoms. The molecule has 2 rings (SSSR count). The van der Waals surface area contributed by atoms with Gasteiger partial charge in [0.1, 0.15) is 0 Å². The fourth-order valence-electron chi connectivity index (χ4n) is 2.18. The molecular weight excluding hydrogens is 206 g/mol. The van der Waals surface area contributed by atoms with E-state index in [0.29, 0.717) is 11.8 Å². The lowest BCUT2D eigenvalue weighted by Crippen LogP contribution is -2.24. The van der Waals surface area contributed by atoms with Crippen LogP contribution in [0, 0.1) is 0 Å². The maximum Gasteiger partial charge on any atom is 0.0448 e. The van der Waals surface area contributed by atoms with Gasteiger partial charge in [0.2, 0.25) is 0 Å². The van der Waals surface area contributed by atoms with Crippen LogP contribution in [0.2, 0.25) is 0 Å². The van der Waals surface area contributed by atoms with Crippen molar-refractivity contribution in [2.45, 2.75) is 12.8 Å². The van der Waals surface area contributed by atoms with Crippen LogP contribution in [0.15, 0.2) is 36.4 Å². The molecule has 1 unspecified atom stereocenters. The minimum Gasteiger partial charge on any atom is -0.367 e. The predicted octanol–water partition coefficient (Wildman–Crippen LogP) is 3.41. The molecule has 0 saturated heterocycles. The monoisotopic (exact) mass is 221 g/mol. The third-order valence-corrected chi connectivity index (χ3v) is 3.28. The highest BCUT2D eigenvalue weighted by atomic mass is 35.5. The zero-order chi connectivity index (χ0) is 10.8. The first-order chi connectivity index (χ1) is 7.22. The van der Waals surface area contributed by atoms with E-state index in [0.717, 1.165) is 18.7 Å². The van der Waals surface area contributed by atoms with Gasteiger partial charge in [-0.1, -0.05) is 31.7 Å². The van der Waals surface area contributed by atoms with E-state index >= 15 is 0 Å². The minimum atomic E-state index is 0.549. The second-order valence-electron chi connectivity index (χ2n) is 4.22. The van der Waals surface area contributed by atoms with Crippen LogP contribution in [0.5, 0.6) is 0 Å². The molecule has 0 N–H and O–H groups in total. The van der Waals surface area contributed by atoms with Crippen LogP contribution in [0.4, 0.5) is 5.69 Å². The zero-order valence-corrected chi connectivity index (χ0v) is 9.80. The molecule has 0 aromatic heterocycles. The van der Waals surface area contributed by atoms with Crippen LogP contribution >= 0.6 is 11.6 Å². The third-order valence-electron chi connectivity index (χ3n) is 2.91. The molecule has 0 aliphatic carbocycles. The lowest BCUT2D eigenvalue weighted by molar-refractivity contribution is 0.769. The van der Waals surface area contributed by atoms with Crippen molar-refractivity contribution in [3.63, 3.8) is 0 Å². The highest BCUT2D eigenvalue weighted by molar-refractivity contribution is 6.19. The summed E-state index contributed by atoms with van der Waals surface area (Å²) in [5, 5.41) is 0.